The second-order valence-electron chi connectivity index (χ2n) is 6.25. The van der Waals surface area contributed by atoms with E-state index < -0.39 is 0 Å². The lowest BCUT2D eigenvalue weighted by molar-refractivity contribution is -0.132. The lowest BCUT2D eigenvalue weighted by Crippen LogP contribution is -2.45. The minimum Gasteiger partial charge on any atom is -0.352 e. The van der Waals surface area contributed by atoms with Gasteiger partial charge in [0.25, 0.3) is 0 Å². The van der Waals surface area contributed by atoms with E-state index in [1.54, 1.807) is 0 Å². The van der Waals surface area contributed by atoms with E-state index in [0.29, 0.717) is 17.9 Å². The Morgan fingerprint density at radius 2 is 2.12 bits per heavy atom. The highest BCUT2D eigenvalue weighted by Crippen LogP contribution is 2.43. The molecule has 1 aliphatic carbocycles. The molecule has 98 valence electrons. The van der Waals surface area contributed by atoms with Crippen LogP contribution in [0.5, 0.6) is 0 Å². The van der Waals surface area contributed by atoms with Crippen LogP contribution in [-0.4, -0.2) is 25.0 Å². The largest absolute Gasteiger partial charge is 0.352 e. The Bertz CT molecular complexity index is 263. The van der Waals surface area contributed by atoms with Gasteiger partial charge in [-0.2, -0.15) is 0 Å². The van der Waals surface area contributed by atoms with E-state index in [9.17, 15) is 4.79 Å². The molecule has 0 aromatic carbocycles. The molecule has 1 aliphatic heterocycles. The molecule has 1 atom stereocenters. The summed E-state index contributed by atoms with van der Waals surface area (Å²) in [5.74, 6) is 0.943. The first-order valence-electron chi connectivity index (χ1n) is 7.14. The Morgan fingerprint density at radius 3 is 2.65 bits per heavy atom. The molecule has 2 rings (SSSR count). The predicted molar refractivity (Wildman–Crippen MR) is 69.8 cm³/mol. The highest BCUT2D eigenvalue weighted by atomic mass is 16.2. The van der Waals surface area contributed by atoms with Gasteiger partial charge in [0.05, 0.1) is 0 Å². The van der Waals surface area contributed by atoms with Crippen LogP contribution in [0.25, 0.3) is 0 Å². The summed E-state index contributed by atoms with van der Waals surface area (Å²) < 4.78 is 0. The van der Waals surface area contributed by atoms with Gasteiger partial charge < -0.3 is 10.6 Å². The molecule has 1 saturated carbocycles. The van der Waals surface area contributed by atoms with Crippen molar-refractivity contribution in [1.82, 2.24) is 10.6 Å². The smallest absolute Gasteiger partial charge is 0.226 e. The maximum absolute atomic E-state index is 12.5. The van der Waals surface area contributed by atoms with Gasteiger partial charge in [-0.1, -0.05) is 26.7 Å². The second-order valence-corrected chi connectivity index (χ2v) is 6.25. The molecule has 0 spiro atoms. The summed E-state index contributed by atoms with van der Waals surface area (Å²) in [5, 5.41) is 6.57. The van der Waals surface area contributed by atoms with Crippen molar-refractivity contribution in [1.29, 1.82) is 0 Å². The van der Waals surface area contributed by atoms with Crippen molar-refractivity contribution in [3.05, 3.63) is 0 Å². The minimum absolute atomic E-state index is 0.0449. The number of hydrogen-bond donors (Lipinski definition) is 2. The number of hydrogen-bond acceptors (Lipinski definition) is 2. The minimum atomic E-state index is -0.0449. The second kappa shape index (κ2) is 5.38. The van der Waals surface area contributed by atoms with Crippen molar-refractivity contribution >= 4 is 5.91 Å². The van der Waals surface area contributed by atoms with Crippen LogP contribution in [-0.2, 0) is 4.79 Å². The molecule has 1 heterocycles. The van der Waals surface area contributed by atoms with Gasteiger partial charge in [0.1, 0.15) is 0 Å². The predicted octanol–water partition coefficient (Wildman–Crippen LogP) is 2.07. The number of amides is 1. The number of carbonyl (C=O) groups is 1. The van der Waals surface area contributed by atoms with E-state index in [1.165, 1.54) is 12.8 Å². The first-order chi connectivity index (χ1) is 8.12. The molecular formula is C14H26N2O. The first kappa shape index (κ1) is 12.9. The van der Waals surface area contributed by atoms with Crippen LogP contribution in [0.2, 0.25) is 0 Å². The maximum Gasteiger partial charge on any atom is 0.226 e. The number of carbonyl (C=O) groups excluding carboxylic acids is 1. The third kappa shape index (κ3) is 3.01. The third-order valence-corrected chi connectivity index (χ3v) is 4.24. The monoisotopic (exact) mass is 238 g/mol. The zero-order valence-electron chi connectivity index (χ0n) is 11.2. The van der Waals surface area contributed by atoms with Crippen molar-refractivity contribution in [2.75, 3.05) is 13.1 Å². The van der Waals surface area contributed by atoms with Crippen molar-refractivity contribution in [3.8, 4) is 0 Å². The molecule has 2 N–H and O–H groups in total. The van der Waals surface area contributed by atoms with Gasteiger partial charge in [-0.15, -0.1) is 0 Å². The lowest BCUT2D eigenvalue weighted by atomic mass is 9.77. The number of rotatable bonds is 4. The first-order valence-corrected chi connectivity index (χ1v) is 7.14. The van der Waals surface area contributed by atoms with E-state index in [0.717, 1.165) is 38.8 Å². The van der Waals surface area contributed by atoms with Crippen molar-refractivity contribution in [3.63, 3.8) is 0 Å². The summed E-state index contributed by atoms with van der Waals surface area (Å²) in [6.07, 6.45) is 6.78. The summed E-state index contributed by atoms with van der Waals surface area (Å²) in [4.78, 5) is 12.5. The van der Waals surface area contributed by atoms with Crippen LogP contribution in [0, 0.1) is 11.3 Å². The fourth-order valence-electron chi connectivity index (χ4n) is 3.47. The Hall–Kier alpha value is -0.570. The van der Waals surface area contributed by atoms with E-state index in [2.05, 4.69) is 24.5 Å². The summed E-state index contributed by atoms with van der Waals surface area (Å²) >= 11 is 0. The Morgan fingerprint density at radius 1 is 1.41 bits per heavy atom. The molecule has 3 nitrogen and oxygen atoms in total. The van der Waals surface area contributed by atoms with Gasteiger partial charge in [0, 0.05) is 18.0 Å². The molecule has 3 heteroatoms. The van der Waals surface area contributed by atoms with Gasteiger partial charge in [-0.05, 0) is 38.1 Å². The summed E-state index contributed by atoms with van der Waals surface area (Å²) in [6.45, 7) is 6.45. The van der Waals surface area contributed by atoms with Crippen LogP contribution in [0.3, 0.4) is 0 Å². The van der Waals surface area contributed by atoms with Gasteiger partial charge in [-0.3, -0.25) is 4.79 Å². The van der Waals surface area contributed by atoms with Crippen LogP contribution >= 0.6 is 0 Å². The third-order valence-electron chi connectivity index (χ3n) is 4.24. The van der Waals surface area contributed by atoms with Crippen LogP contribution in [0.15, 0.2) is 0 Å². The standard InChI is InChI=1S/C14H26N2O/c1-11(2)9-14(6-3-4-7-14)13(17)16-12-5-8-15-10-12/h11-12,15H,3-10H2,1-2H3,(H,16,17). The fraction of sp³-hybridized carbons (Fsp3) is 0.929. The molecule has 2 fully saturated rings. The molecule has 0 aromatic rings. The molecule has 17 heavy (non-hydrogen) atoms. The molecule has 0 bridgehead atoms. The Kier molecular flexibility index (Phi) is 4.08. The van der Waals surface area contributed by atoms with Gasteiger partial charge in [-0.25, -0.2) is 0 Å². The molecule has 1 saturated heterocycles. The zero-order chi connectivity index (χ0) is 12.3. The zero-order valence-corrected chi connectivity index (χ0v) is 11.2. The average Bonchev–Trinajstić information content (AvgIpc) is 2.88. The van der Waals surface area contributed by atoms with Crippen molar-refractivity contribution < 1.29 is 4.79 Å². The quantitative estimate of drug-likeness (QED) is 0.787. The van der Waals surface area contributed by atoms with E-state index in [1.807, 2.05) is 0 Å². The summed E-state index contributed by atoms with van der Waals surface area (Å²) in [5.41, 5.74) is -0.0449. The molecule has 0 aromatic heterocycles. The Balaban J connectivity index is 1.97. The van der Waals surface area contributed by atoms with E-state index in [-0.39, 0.29) is 5.41 Å². The molecule has 1 amide bonds. The Labute approximate surface area is 105 Å². The molecular weight excluding hydrogens is 212 g/mol. The highest BCUT2D eigenvalue weighted by Gasteiger charge is 2.41. The number of nitrogens with one attached hydrogen (secondary N) is 2. The van der Waals surface area contributed by atoms with Crippen molar-refractivity contribution in [2.45, 2.75) is 58.4 Å². The molecule has 2 aliphatic rings. The molecule has 1 unspecified atom stereocenters. The summed E-state index contributed by atoms with van der Waals surface area (Å²) in [7, 11) is 0. The van der Waals surface area contributed by atoms with Gasteiger partial charge >= 0.3 is 0 Å². The van der Waals surface area contributed by atoms with Crippen molar-refractivity contribution in [2.24, 2.45) is 11.3 Å². The SMILES string of the molecule is CC(C)CC1(C(=O)NC2CCNC2)CCCC1. The fourth-order valence-corrected chi connectivity index (χ4v) is 3.47. The van der Waals surface area contributed by atoms with Crippen LogP contribution in [0.1, 0.15) is 52.4 Å². The van der Waals surface area contributed by atoms with E-state index in [4.69, 9.17) is 0 Å². The summed E-state index contributed by atoms with van der Waals surface area (Å²) in [6, 6.07) is 0.368. The maximum atomic E-state index is 12.5. The lowest BCUT2D eigenvalue weighted by Gasteiger charge is -2.30. The normalized spacial score (nSPS) is 27.6. The van der Waals surface area contributed by atoms with E-state index >= 15 is 0 Å². The van der Waals surface area contributed by atoms with Gasteiger partial charge in [0.2, 0.25) is 5.91 Å². The average molecular weight is 238 g/mol. The van der Waals surface area contributed by atoms with Gasteiger partial charge in [0.15, 0.2) is 0 Å². The topological polar surface area (TPSA) is 41.1 Å². The van der Waals surface area contributed by atoms with Crippen LogP contribution < -0.4 is 10.6 Å². The molecule has 0 radical (unpaired) electrons. The highest BCUT2D eigenvalue weighted by molar-refractivity contribution is 5.83. The van der Waals surface area contributed by atoms with Crippen LogP contribution in [0.4, 0.5) is 0 Å².